The van der Waals surface area contributed by atoms with Crippen molar-refractivity contribution < 1.29 is 0 Å². The van der Waals surface area contributed by atoms with Gasteiger partial charge in [-0.1, -0.05) is 0 Å². The Balaban J connectivity index is 1.56. The first kappa shape index (κ1) is 13.8. The lowest BCUT2D eigenvalue weighted by Crippen LogP contribution is -2.46. The van der Waals surface area contributed by atoms with E-state index in [-0.39, 0.29) is 0 Å². The van der Waals surface area contributed by atoms with Gasteiger partial charge < -0.3 is 10.2 Å². The van der Waals surface area contributed by atoms with Crippen molar-refractivity contribution in [3.8, 4) is 0 Å². The topological polar surface area (TPSA) is 57.2 Å². The molecule has 1 aliphatic rings. The molecular formula is C15H20N6. The van der Waals surface area contributed by atoms with Gasteiger partial charge in [0.2, 0.25) is 5.95 Å². The van der Waals surface area contributed by atoms with Gasteiger partial charge in [0, 0.05) is 64.0 Å². The molecule has 1 aliphatic heterocycles. The Kier molecular flexibility index (Phi) is 4.25. The van der Waals surface area contributed by atoms with Gasteiger partial charge in [-0.2, -0.15) is 0 Å². The molecule has 0 atom stereocenters. The van der Waals surface area contributed by atoms with Crippen LogP contribution >= 0.6 is 0 Å². The summed E-state index contributed by atoms with van der Waals surface area (Å²) in [6.07, 6.45) is 5.44. The monoisotopic (exact) mass is 284 g/mol. The van der Waals surface area contributed by atoms with E-state index in [1.807, 2.05) is 25.4 Å². The van der Waals surface area contributed by atoms with Gasteiger partial charge in [-0.05, 0) is 18.2 Å². The van der Waals surface area contributed by atoms with Gasteiger partial charge in [0.15, 0.2) is 0 Å². The molecular weight excluding hydrogens is 264 g/mol. The summed E-state index contributed by atoms with van der Waals surface area (Å²) < 4.78 is 0. The summed E-state index contributed by atoms with van der Waals surface area (Å²) in [5.41, 5.74) is 2.21. The van der Waals surface area contributed by atoms with Crippen molar-refractivity contribution in [2.45, 2.75) is 6.54 Å². The summed E-state index contributed by atoms with van der Waals surface area (Å²) in [5, 5.41) is 3.15. The van der Waals surface area contributed by atoms with Gasteiger partial charge >= 0.3 is 0 Å². The average Bonchev–Trinajstić information content (AvgIpc) is 2.56. The molecule has 2 aromatic heterocycles. The molecule has 0 radical (unpaired) electrons. The fourth-order valence-corrected chi connectivity index (χ4v) is 2.51. The molecule has 0 aliphatic carbocycles. The molecule has 6 heteroatoms. The molecule has 1 N–H and O–H groups in total. The van der Waals surface area contributed by atoms with Crippen molar-refractivity contribution in [1.82, 2.24) is 19.9 Å². The van der Waals surface area contributed by atoms with Gasteiger partial charge in [0.1, 0.15) is 0 Å². The van der Waals surface area contributed by atoms with E-state index in [9.17, 15) is 0 Å². The lowest BCUT2D eigenvalue weighted by Gasteiger charge is -2.34. The highest BCUT2D eigenvalue weighted by Gasteiger charge is 2.19. The van der Waals surface area contributed by atoms with Crippen LogP contribution in [0.4, 0.5) is 11.6 Å². The molecule has 3 heterocycles. The molecule has 1 fully saturated rings. The minimum atomic E-state index is 0.826. The Morgan fingerprint density at radius 1 is 1.05 bits per heavy atom. The van der Waals surface area contributed by atoms with Crippen LogP contribution in [0.5, 0.6) is 0 Å². The molecule has 6 nitrogen and oxygen atoms in total. The Hall–Kier alpha value is -2.21. The van der Waals surface area contributed by atoms with E-state index in [1.165, 1.54) is 0 Å². The zero-order chi connectivity index (χ0) is 14.5. The molecule has 0 unspecified atom stereocenters. The first-order valence-electron chi connectivity index (χ1n) is 7.22. The second kappa shape index (κ2) is 6.49. The maximum absolute atomic E-state index is 4.44. The average molecular weight is 284 g/mol. The summed E-state index contributed by atoms with van der Waals surface area (Å²) in [6, 6.07) is 5.93. The second-order valence-corrected chi connectivity index (χ2v) is 5.10. The molecule has 2 aromatic rings. The summed E-state index contributed by atoms with van der Waals surface area (Å²) in [5.74, 6) is 0.826. The van der Waals surface area contributed by atoms with Gasteiger partial charge in [-0.25, -0.2) is 9.97 Å². The highest BCUT2D eigenvalue weighted by Crippen LogP contribution is 2.13. The molecule has 0 spiro atoms. The van der Waals surface area contributed by atoms with E-state index < -0.39 is 0 Å². The van der Waals surface area contributed by atoms with Crippen molar-refractivity contribution in [2.24, 2.45) is 0 Å². The van der Waals surface area contributed by atoms with E-state index in [0.717, 1.165) is 50.1 Å². The zero-order valence-corrected chi connectivity index (χ0v) is 12.2. The molecule has 110 valence electrons. The van der Waals surface area contributed by atoms with Crippen LogP contribution < -0.4 is 10.2 Å². The number of aromatic nitrogens is 3. The summed E-state index contributed by atoms with van der Waals surface area (Å²) in [4.78, 5) is 17.7. The normalized spacial score (nSPS) is 16.0. The Labute approximate surface area is 124 Å². The summed E-state index contributed by atoms with van der Waals surface area (Å²) >= 11 is 0. The van der Waals surface area contributed by atoms with Crippen LogP contribution in [-0.4, -0.2) is 53.1 Å². The Morgan fingerprint density at radius 2 is 1.81 bits per heavy atom. The highest BCUT2D eigenvalue weighted by molar-refractivity contribution is 5.42. The number of anilines is 2. The molecule has 21 heavy (non-hydrogen) atoms. The molecule has 3 rings (SSSR count). The maximum Gasteiger partial charge on any atom is 0.225 e. The number of nitrogens with one attached hydrogen (secondary N) is 1. The summed E-state index contributed by atoms with van der Waals surface area (Å²) in [7, 11) is 1.93. The Morgan fingerprint density at radius 3 is 2.52 bits per heavy atom. The third-order valence-electron chi connectivity index (χ3n) is 3.70. The standard InChI is InChI=1S/C15H20N6/c1-16-13-3-6-17-14(11-13)12-20-7-9-21(10-8-20)15-18-4-2-5-19-15/h2-6,11H,7-10,12H2,1H3,(H,16,17). The molecule has 0 bridgehead atoms. The van der Waals surface area contributed by atoms with E-state index in [2.05, 4.69) is 36.1 Å². The van der Waals surface area contributed by atoms with Crippen LogP contribution in [0.3, 0.4) is 0 Å². The van der Waals surface area contributed by atoms with Crippen molar-refractivity contribution >= 4 is 11.6 Å². The van der Waals surface area contributed by atoms with Crippen LogP contribution in [0.25, 0.3) is 0 Å². The first-order valence-corrected chi connectivity index (χ1v) is 7.22. The lowest BCUT2D eigenvalue weighted by atomic mass is 10.2. The number of piperazine rings is 1. The van der Waals surface area contributed by atoms with E-state index in [4.69, 9.17) is 0 Å². The van der Waals surface area contributed by atoms with Crippen molar-refractivity contribution in [3.05, 3.63) is 42.5 Å². The van der Waals surface area contributed by atoms with Crippen LogP contribution in [0, 0.1) is 0 Å². The lowest BCUT2D eigenvalue weighted by molar-refractivity contribution is 0.246. The van der Waals surface area contributed by atoms with E-state index in [0.29, 0.717) is 0 Å². The van der Waals surface area contributed by atoms with Crippen LogP contribution in [0.1, 0.15) is 5.69 Å². The van der Waals surface area contributed by atoms with Crippen molar-refractivity contribution in [2.75, 3.05) is 43.4 Å². The molecule has 0 aromatic carbocycles. The predicted molar refractivity (Wildman–Crippen MR) is 83.3 cm³/mol. The summed E-state index contributed by atoms with van der Waals surface area (Å²) in [6.45, 7) is 4.80. The van der Waals surface area contributed by atoms with Crippen molar-refractivity contribution in [1.29, 1.82) is 0 Å². The van der Waals surface area contributed by atoms with Gasteiger partial charge in [0.25, 0.3) is 0 Å². The number of hydrogen-bond acceptors (Lipinski definition) is 6. The highest BCUT2D eigenvalue weighted by atomic mass is 15.3. The van der Waals surface area contributed by atoms with Gasteiger partial charge in [0.05, 0.1) is 5.69 Å². The number of pyridine rings is 1. The second-order valence-electron chi connectivity index (χ2n) is 5.10. The fourth-order valence-electron chi connectivity index (χ4n) is 2.51. The molecule has 0 amide bonds. The van der Waals surface area contributed by atoms with Gasteiger partial charge in [-0.15, -0.1) is 0 Å². The van der Waals surface area contributed by atoms with E-state index in [1.54, 1.807) is 12.4 Å². The third kappa shape index (κ3) is 3.46. The van der Waals surface area contributed by atoms with E-state index >= 15 is 0 Å². The SMILES string of the molecule is CNc1ccnc(CN2CCN(c3ncccn3)CC2)c1. The third-order valence-corrected chi connectivity index (χ3v) is 3.70. The van der Waals surface area contributed by atoms with Gasteiger partial charge in [-0.3, -0.25) is 9.88 Å². The minimum Gasteiger partial charge on any atom is -0.388 e. The molecule has 0 saturated carbocycles. The van der Waals surface area contributed by atoms with Crippen LogP contribution in [-0.2, 0) is 6.54 Å². The zero-order valence-electron chi connectivity index (χ0n) is 12.2. The first-order chi connectivity index (χ1) is 10.3. The van der Waals surface area contributed by atoms with Crippen molar-refractivity contribution in [3.63, 3.8) is 0 Å². The Bertz CT molecular complexity index is 565. The predicted octanol–water partition coefficient (Wildman–Crippen LogP) is 1.24. The van der Waals surface area contributed by atoms with Crippen LogP contribution in [0.2, 0.25) is 0 Å². The maximum atomic E-state index is 4.44. The number of nitrogens with zero attached hydrogens (tertiary/aromatic N) is 5. The quantitative estimate of drug-likeness (QED) is 0.911. The smallest absolute Gasteiger partial charge is 0.225 e. The number of hydrogen-bond donors (Lipinski definition) is 1. The number of rotatable bonds is 4. The fraction of sp³-hybridized carbons (Fsp3) is 0.400. The van der Waals surface area contributed by atoms with Crippen LogP contribution in [0.15, 0.2) is 36.8 Å². The minimum absolute atomic E-state index is 0.826. The molecule has 1 saturated heterocycles. The largest absolute Gasteiger partial charge is 0.388 e.